The Bertz CT molecular complexity index is 651. The van der Waals surface area contributed by atoms with E-state index in [9.17, 15) is 4.79 Å². The number of amides is 1. The summed E-state index contributed by atoms with van der Waals surface area (Å²) in [4.78, 5) is 14.4. The minimum Gasteiger partial charge on any atom is -0.492 e. The van der Waals surface area contributed by atoms with Crippen molar-refractivity contribution in [1.82, 2.24) is 4.90 Å². The number of carbonyl (C=O) groups excluding carboxylic acids is 1. The highest BCUT2D eigenvalue weighted by atomic mass is 79.9. The van der Waals surface area contributed by atoms with Crippen molar-refractivity contribution in [2.45, 2.75) is 12.8 Å². The van der Waals surface area contributed by atoms with Crippen LogP contribution in [0, 0.1) is 5.92 Å². The zero-order chi connectivity index (χ0) is 16.1. The van der Waals surface area contributed by atoms with Gasteiger partial charge >= 0.3 is 0 Å². The Labute approximate surface area is 145 Å². The van der Waals surface area contributed by atoms with Crippen LogP contribution in [0.15, 0.2) is 59.1 Å². The predicted molar refractivity (Wildman–Crippen MR) is 94.7 cm³/mol. The van der Waals surface area contributed by atoms with Crippen molar-refractivity contribution < 1.29 is 9.53 Å². The average molecular weight is 374 g/mol. The fraction of sp³-hybridized carbons (Fsp3) is 0.316. The first-order valence-corrected chi connectivity index (χ1v) is 8.75. The lowest BCUT2D eigenvalue weighted by atomic mass is 9.97. The van der Waals surface area contributed by atoms with Gasteiger partial charge in [0.1, 0.15) is 5.75 Å². The van der Waals surface area contributed by atoms with Gasteiger partial charge in [0.05, 0.1) is 11.1 Å². The molecule has 3 rings (SSSR count). The lowest BCUT2D eigenvalue weighted by molar-refractivity contribution is 0.0661. The fourth-order valence-corrected chi connectivity index (χ4v) is 3.23. The second kappa shape index (κ2) is 7.64. The molecule has 2 aromatic rings. The van der Waals surface area contributed by atoms with Crippen LogP contribution in [0.4, 0.5) is 0 Å². The van der Waals surface area contributed by atoms with Crippen LogP contribution in [0.1, 0.15) is 23.2 Å². The molecular formula is C19H20BrNO2. The molecule has 1 amide bonds. The van der Waals surface area contributed by atoms with Gasteiger partial charge in [-0.25, -0.2) is 0 Å². The van der Waals surface area contributed by atoms with E-state index in [1.54, 1.807) is 0 Å². The van der Waals surface area contributed by atoms with Crippen LogP contribution in [-0.2, 0) is 0 Å². The second-order valence-corrected chi connectivity index (χ2v) is 6.70. The summed E-state index contributed by atoms with van der Waals surface area (Å²) in [5.41, 5.74) is 0.774. The number of ether oxygens (including phenoxy) is 1. The number of halogens is 1. The zero-order valence-corrected chi connectivity index (χ0v) is 14.5. The molecule has 120 valence electrons. The van der Waals surface area contributed by atoms with Gasteiger partial charge in [-0.15, -0.1) is 0 Å². The van der Waals surface area contributed by atoms with Gasteiger partial charge in [-0.2, -0.15) is 0 Å². The van der Waals surface area contributed by atoms with Crippen LogP contribution in [0.5, 0.6) is 5.75 Å². The number of likely N-dealkylation sites (tertiary alicyclic amines) is 1. The van der Waals surface area contributed by atoms with E-state index in [0.29, 0.717) is 12.5 Å². The van der Waals surface area contributed by atoms with Crippen LogP contribution in [0.3, 0.4) is 0 Å². The third-order valence-corrected chi connectivity index (χ3v) is 4.89. The van der Waals surface area contributed by atoms with Crippen molar-refractivity contribution >= 4 is 21.8 Å². The molecule has 3 nitrogen and oxygen atoms in total. The van der Waals surface area contributed by atoms with E-state index < -0.39 is 0 Å². The molecule has 1 aliphatic rings. The summed E-state index contributed by atoms with van der Waals surface area (Å²) >= 11 is 3.50. The Balaban J connectivity index is 1.49. The zero-order valence-electron chi connectivity index (χ0n) is 13.0. The Morgan fingerprint density at radius 2 is 1.70 bits per heavy atom. The molecule has 0 unspecified atom stereocenters. The Morgan fingerprint density at radius 1 is 1.04 bits per heavy atom. The standard InChI is InChI=1S/C19H20BrNO2/c20-17-8-4-5-9-18(17)23-14-15-10-12-21(13-11-15)19(22)16-6-2-1-3-7-16/h1-9,15H,10-14H2. The number of benzene rings is 2. The molecule has 2 aromatic carbocycles. The molecule has 23 heavy (non-hydrogen) atoms. The molecule has 1 aliphatic heterocycles. The quantitative estimate of drug-likeness (QED) is 0.795. The number of carbonyl (C=O) groups is 1. The summed E-state index contributed by atoms with van der Waals surface area (Å²) < 4.78 is 6.89. The summed E-state index contributed by atoms with van der Waals surface area (Å²) in [5.74, 6) is 1.52. The van der Waals surface area contributed by atoms with E-state index in [2.05, 4.69) is 15.9 Å². The number of rotatable bonds is 4. The number of nitrogens with zero attached hydrogens (tertiary/aromatic N) is 1. The Hall–Kier alpha value is -1.81. The maximum atomic E-state index is 12.4. The molecule has 0 N–H and O–H groups in total. The largest absolute Gasteiger partial charge is 0.492 e. The van der Waals surface area contributed by atoms with Gasteiger partial charge in [0.2, 0.25) is 0 Å². The SMILES string of the molecule is O=C(c1ccccc1)N1CCC(COc2ccccc2Br)CC1. The van der Waals surface area contributed by atoms with Crippen LogP contribution in [0.25, 0.3) is 0 Å². The number of piperidine rings is 1. The minimum atomic E-state index is 0.135. The van der Waals surface area contributed by atoms with E-state index >= 15 is 0 Å². The first-order valence-electron chi connectivity index (χ1n) is 7.95. The lowest BCUT2D eigenvalue weighted by Gasteiger charge is -2.32. The highest BCUT2D eigenvalue weighted by Gasteiger charge is 2.24. The Morgan fingerprint density at radius 3 is 2.39 bits per heavy atom. The summed E-state index contributed by atoms with van der Waals surface area (Å²) in [6.45, 7) is 2.31. The van der Waals surface area contributed by atoms with E-state index in [0.717, 1.165) is 41.7 Å². The second-order valence-electron chi connectivity index (χ2n) is 5.84. The highest BCUT2D eigenvalue weighted by Crippen LogP contribution is 2.26. The van der Waals surface area contributed by atoms with Gasteiger partial charge in [-0.1, -0.05) is 30.3 Å². The molecule has 1 fully saturated rings. The van der Waals surface area contributed by atoms with Crippen LogP contribution in [-0.4, -0.2) is 30.5 Å². The van der Waals surface area contributed by atoms with Gasteiger partial charge in [0.25, 0.3) is 5.91 Å². The molecule has 0 saturated carbocycles. The van der Waals surface area contributed by atoms with Crippen molar-refractivity contribution in [3.63, 3.8) is 0 Å². The van der Waals surface area contributed by atoms with Crippen molar-refractivity contribution in [3.05, 3.63) is 64.6 Å². The maximum absolute atomic E-state index is 12.4. The number of para-hydroxylation sites is 1. The summed E-state index contributed by atoms with van der Waals surface area (Å²) in [7, 11) is 0. The summed E-state index contributed by atoms with van der Waals surface area (Å²) in [5, 5.41) is 0. The number of hydrogen-bond acceptors (Lipinski definition) is 2. The molecule has 0 spiro atoms. The first-order chi connectivity index (χ1) is 11.2. The molecular weight excluding hydrogens is 354 g/mol. The van der Waals surface area contributed by atoms with Crippen LogP contribution in [0.2, 0.25) is 0 Å². The lowest BCUT2D eigenvalue weighted by Crippen LogP contribution is -2.39. The topological polar surface area (TPSA) is 29.5 Å². The average Bonchev–Trinajstić information content (AvgIpc) is 2.62. The normalized spacial score (nSPS) is 15.4. The predicted octanol–water partition coefficient (Wildman–Crippen LogP) is 4.38. The minimum absolute atomic E-state index is 0.135. The van der Waals surface area contributed by atoms with Crippen molar-refractivity contribution in [2.75, 3.05) is 19.7 Å². The molecule has 0 atom stereocenters. The van der Waals surface area contributed by atoms with Gasteiger partial charge in [0, 0.05) is 18.7 Å². The number of hydrogen-bond donors (Lipinski definition) is 0. The van der Waals surface area contributed by atoms with Crippen LogP contribution < -0.4 is 4.74 Å². The summed E-state index contributed by atoms with van der Waals surface area (Å²) in [6.07, 6.45) is 1.98. The van der Waals surface area contributed by atoms with E-state index in [1.165, 1.54) is 0 Å². The third-order valence-electron chi connectivity index (χ3n) is 4.23. The Kier molecular flexibility index (Phi) is 5.34. The monoisotopic (exact) mass is 373 g/mol. The van der Waals surface area contributed by atoms with E-state index in [-0.39, 0.29) is 5.91 Å². The van der Waals surface area contributed by atoms with Gasteiger partial charge in [-0.05, 0) is 59.0 Å². The van der Waals surface area contributed by atoms with E-state index in [4.69, 9.17) is 4.74 Å². The van der Waals surface area contributed by atoms with Crippen molar-refractivity contribution in [3.8, 4) is 5.75 Å². The highest BCUT2D eigenvalue weighted by molar-refractivity contribution is 9.10. The molecule has 0 aromatic heterocycles. The maximum Gasteiger partial charge on any atom is 0.253 e. The molecule has 0 aliphatic carbocycles. The fourth-order valence-electron chi connectivity index (χ4n) is 2.84. The van der Waals surface area contributed by atoms with Crippen molar-refractivity contribution in [1.29, 1.82) is 0 Å². The van der Waals surface area contributed by atoms with Crippen molar-refractivity contribution in [2.24, 2.45) is 5.92 Å². The molecule has 0 bridgehead atoms. The summed E-state index contributed by atoms with van der Waals surface area (Å²) in [6, 6.07) is 17.4. The van der Waals surface area contributed by atoms with Gasteiger partial charge < -0.3 is 9.64 Å². The third kappa shape index (κ3) is 4.14. The van der Waals surface area contributed by atoms with E-state index in [1.807, 2.05) is 59.5 Å². The molecule has 1 heterocycles. The molecule has 0 radical (unpaired) electrons. The van der Waals surface area contributed by atoms with Gasteiger partial charge in [0.15, 0.2) is 0 Å². The van der Waals surface area contributed by atoms with Crippen LogP contribution >= 0.6 is 15.9 Å². The molecule has 4 heteroatoms. The molecule has 1 saturated heterocycles. The van der Waals surface area contributed by atoms with Gasteiger partial charge in [-0.3, -0.25) is 4.79 Å². The smallest absolute Gasteiger partial charge is 0.253 e. The first kappa shape index (κ1) is 16.1.